The minimum Gasteiger partial charge on any atom is -0.496 e. The number of nitrogens with one attached hydrogen (secondary N) is 2. The van der Waals surface area contributed by atoms with Crippen LogP contribution in [0, 0.1) is 5.41 Å². The van der Waals surface area contributed by atoms with Crippen LogP contribution in [-0.4, -0.2) is 23.8 Å². The monoisotopic (exact) mass is 351 g/mol. The minimum absolute atomic E-state index is 0.0586. The standard InChI is InChI=1S/C19H17N3O2S/c1-24-15-8-4-2-6-12(15)11-22-17(23)10-13(18(22)20)19-21-14-7-3-5-9-16(14)25-19/h2-9,20-21H,10-11H2,1H3. The van der Waals surface area contributed by atoms with Gasteiger partial charge in [0.15, 0.2) is 0 Å². The number of methoxy groups -OCH3 is 1. The lowest BCUT2D eigenvalue weighted by Crippen LogP contribution is -2.28. The largest absolute Gasteiger partial charge is 0.496 e. The molecule has 1 amide bonds. The molecule has 2 N–H and O–H groups in total. The van der Waals surface area contributed by atoms with Crippen LogP contribution in [0.5, 0.6) is 5.75 Å². The molecule has 1 fully saturated rings. The lowest BCUT2D eigenvalue weighted by Gasteiger charge is -2.17. The molecular formula is C19H17N3O2S. The van der Waals surface area contributed by atoms with Crippen molar-refractivity contribution in [1.82, 2.24) is 4.90 Å². The van der Waals surface area contributed by atoms with Crippen LogP contribution in [0.3, 0.4) is 0 Å². The Balaban J connectivity index is 1.60. The van der Waals surface area contributed by atoms with Gasteiger partial charge in [-0.3, -0.25) is 15.1 Å². The summed E-state index contributed by atoms with van der Waals surface area (Å²) in [7, 11) is 1.61. The van der Waals surface area contributed by atoms with E-state index >= 15 is 0 Å². The molecule has 0 bridgehead atoms. The fourth-order valence-corrected chi connectivity index (χ4v) is 4.08. The summed E-state index contributed by atoms with van der Waals surface area (Å²) in [5.74, 6) is 0.931. The van der Waals surface area contributed by atoms with E-state index in [1.165, 1.54) is 4.90 Å². The van der Waals surface area contributed by atoms with Gasteiger partial charge in [-0.15, -0.1) is 0 Å². The molecule has 0 spiro atoms. The maximum Gasteiger partial charge on any atom is 0.233 e. The molecule has 5 nitrogen and oxygen atoms in total. The van der Waals surface area contributed by atoms with E-state index in [1.807, 2.05) is 48.5 Å². The highest BCUT2D eigenvalue weighted by molar-refractivity contribution is 8.03. The quantitative estimate of drug-likeness (QED) is 0.882. The summed E-state index contributed by atoms with van der Waals surface area (Å²) >= 11 is 1.58. The lowest BCUT2D eigenvalue weighted by atomic mass is 10.2. The Bertz CT molecular complexity index is 880. The zero-order valence-corrected chi connectivity index (χ0v) is 14.5. The first kappa shape index (κ1) is 15.8. The Morgan fingerprint density at radius 3 is 2.76 bits per heavy atom. The van der Waals surface area contributed by atoms with Crippen LogP contribution in [0.4, 0.5) is 5.69 Å². The van der Waals surface area contributed by atoms with E-state index in [-0.39, 0.29) is 18.2 Å². The summed E-state index contributed by atoms with van der Waals surface area (Å²) in [5, 5.41) is 12.7. The first-order valence-corrected chi connectivity index (χ1v) is 8.77. The smallest absolute Gasteiger partial charge is 0.233 e. The van der Waals surface area contributed by atoms with Crippen molar-refractivity contribution < 1.29 is 9.53 Å². The molecule has 0 aromatic heterocycles. The molecule has 2 heterocycles. The summed E-state index contributed by atoms with van der Waals surface area (Å²) in [6.07, 6.45) is 0.247. The van der Waals surface area contributed by atoms with Crippen molar-refractivity contribution in [3.05, 3.63) is 64.7 Å². The molecule has 1 saturated heterocycles. The number of rotatable bonds is 3. The van der Waals surface area contributed by atoms with E-state index in [1.54, 1.807) is 18.9 Å². The van der Waals surface area contributed by atoms with Crippen LogP contribution in [0.1, 0.15) is 12.0 Å². The predicted molar refractivity (Wildman–Crippen MR) is 98.8 cm³/mol. The van der Waals surface area contributed by atoms with Crippen LogP contribution in [-0.2, 0) is 11.3 Å². The number of carbonyl (C=O) groups excluding carboxylic acids is 1. The number of amides is 1. The molecule has 6 heteroatoms. The number of likely N-dealkylation sites (tertiary alicyclic amines) is 1. The molecule has 0 unspecified atom stereocenters. The summed E-state index contributed by atoms with van der Waals surface area (Å²) in [5.41, 5.74) is 2.67. The third-order valence-corrected chi connectivity index (χ3v) is 5.46. The number of anilines is 1. The normalized spacial score (nSPS) is 19.2. The second-order valence-corrected chi connectivity index (χ2v) is 6.90. The summed E-state index contributed by atoms with van der Waals surface area (Å²) in [6.45, 7) is 0.343. The van der Waals surface area contributed by atoms with Crippen LogP contribution in [0.2, 0.25) is 0 Å². The van der Waals surface area contributed by atoms with Gasteiger partial charge in [-0.25, -0.2) is 0 Å². The molecule has 0 radical (unpaired) electrons. The Hall–Kier alpha value is -2.73. The molecule has 25 heavy (non-hydrogen) atoms. The van der Waals surface area contributed by atoms with Gasteiger partial charge < -0.3 is 10.1 Å². The van der Waals surface area contributed by atoms with Gasteiger partial charge in [-0.1, -0.05) is 42.1 Å². The number of ether oxygens (including phenoxy) is 1. The molecule has 126 valence electrons. The fourth-order valence-electron chi connectivity index (χ4n) is 3.03. The van der Waals surface area contributed by atoms with Crippen LogP contribution in [0.15, 0.2) is 64.0 Å². The van der Waals surface area contributed by atoms with Gasteiger partial charge in [-0.2, -0.15) is 0 Å². The van der Waals surface area contributed by atoms with E-state index in [4.69, 9.17) is 10.1 Å². The Morgan fingerprint density at radius 2 is 1.96 bits per heavy atom. The molecule has 0 aliphatic carbocycles. The molecule has 2 aromatic carbocycles. The van der Waals surface area contributed by atoms with Crippen LogP contribution < -0.4 is 10.1 Å². The number of para-hydroxylation sites is 2. The molecule has 0 atom stereocenters. The second kappa shape index (κ2) is 6.29. The first-order chi connectivity index (χ1) is 12.2. The van der Waals surface area contributed by atoms with Crippen molar-refractivity contribution >= 4 is 29.2 Å². The van der Waals surface area contributed by atoms with Crippen molar-refractivity contribution in [1.29, 1.82) is 5.41 Å². The van der Waals surface area contributed by atoms with E-state index in [2.05, 4.69) is 5.32 Å². The van der Waals surface area contributed by atoms with Crippen molar-refractivity contribution in [2.75, 3.05) is 12.4 Å². The maximum absolute atomic E-state index is 12.5. The van der Waals surface area contributed by atoms with E-state index in [0.717, 1.165) is 32.5 Å². The van der Waals surface area contributed by atoms with Gasteiger partial charge in [0.25, 0.3) is 0 Å². The summed E-state index contributed by atoms with van der Waals surface area (Å²) in [4.78, 5) is 15.1. The number of hydrogen-bond acceptors (Lipinski definition) is 5. The third kappa shape index (κ3) is 2.78. The number of thioether (sulfide) groups is 1. The summed E-state index contributed by atoms with van der Waals surface area (Å²) in [6, 6.07) is 15.6. The van der Waals surface area contributed by atoms with Gasteiger partial charge in [0.05, 0.1) is 30.8 Å². The third-order valence-electron chi connectivity index (χ3n) is 4.33. The Morgan fingerprint density at radius 1 is 1.20 bits per heavy atom. The molecule has 2 aliphatic heterocycles. The molecular weight excluding hydrogens is 334 g/mol. The predicted octanol–water partition coefficient (Wildman–Crippen LogP) is 3.83. The number of hydrogen-bond donors (Lipinski definition) is 2. The number of benzene rings is 2. The average Bonchev–Trinajstić information content (AvgIpc) is 3.18. The first-order valence-electron chi connectivity index (χ1n) is 7.95. The highest BCUT2D eigenvalue weighted by atomic mass is 32.2. The van der Waals surface area contributed by atoms with E-state index < -0.39 is 0 Å². The summed E-state index contributed by atoms with van der Waals surface area (Å²) < 4.78 is 5.36. The molecule has 0 saturated carbocycles. The van der Waals surface area contributed by atoms with Crippen molar-refractivity contribution in [3.8, 4) is 5.75 Å². The van der Waals surface area contributed by atoms with Gasteiger partial charge in [0.1, 0.15) is 11.6 Å². The zero-order chi connectivity index (χ0) is 17.4. The van der Waals surface area contributed by atoms with Crippen molar-refractivity contribution in [3.63, 3.8) is 0 Å². The average molecular weight is 351 g/mol. The minimum atomic E-state index is -0.0586. The van der Waals surface area contributed by atoms with Crippen LogP contribution in [0.25, 0.3) is 0 Å². The topological polar surface area (TPSA) is 65.4 Å². The highest BCUT2D eigenvalue weighted by Gasteiger charge is 2.35. The Labute approximate surface area is 150 Å². The molecule has 4 rings (SSSR count). The van der Waals surface area contributed by atoms with Gasteiger partial charge in [-0.05, 0) is 18.2 Å². The zero-order valence-electron chi connectivity index (χ0n) is 13.7. The van der Waals surface area contributed by atoms with Gasteiger partial charge >= 0.3 is 0 Å². The highest BCUT2D eigenvalue weighted by Crippen LogP contribution is 2.44. The van der Waals surface area contributed by atoms with E-state index in [9.17, 15) is 4.79 Å². The lowest BCUT2D eigenvalue weighted by molar-refractivity contribution is -0.125. The number of nitrogens with zero attached hydrogens (tertiary/aromatic N) is 1. The maximum atomic E-state index is 12.5. The molecule has 2 aromatic rings. The Kier molecular flexibility index (Phi) is 3.97. The van der Waals surface area contributed by atoms with Crippen molar-refractivity contribution in [2.24, 2.45) is 0 Å². The van der Waals surface area contributed by atoms with E-state index in [0.29, 0.717) is 6.54 Å². The fraction of sp³-hybridized carbons (Fsp3) is 0.158. The van der Waals surface area contributed by atoms with Gasteiger partial charge in [0, 0.05) is 16.0 Å². The van der Waals surface area contributed by atoms with Gasteiger partial charge in [0.2, 0.25) is 5.91 Å². The SMILES string of the molecule is COc1ccccc1CN1C(=N)C(=C2Nc3ccccc3S2)CC1=O. The number of fused-ring (bicyclic) bond motifs is 1. The molecule has 2 aliphatic rings. The van der Waals surface area contributed by atoms with Crippen molar-refractivity contribution in [2.45, 2.75) is 17.9 Å². The number of amidine groups is 1. The second-order valence-electron chi connectivity index (χ2n) is 5.85. The van der Waals surface area contributed by atoms with Crippen LogP contribution >= 0.6 is 11.8 Å². The number of carbonyl (C=O) groups is 1.